The van der Waals surface area contributed by atoms with Crippen molar-refractivity contribution < 1.29 is 18.7 Å². The molecule has 2 N–H and O–H groups in total. The molecule has 6 heteroatoms. The Morgan fingerprint density at radius 3 is 2.58 bits per heavy atom. The van der Waals surface area contributed by atoms with Crippen LogP contribution in [0.5, 0.6) is 0 Å². The van der Waals surface area contributed by atoms with E-state index < -0.39 is 17.5 Å². The van der Waals surface area contributed by atoms with E-state index in [4.69, 9.17) is 0 Å². The van der Waals surface area contributed by atoms with Crippen LogP contribution in [0.4, 0.5) is 8.78 Å². The number of aliphatic hydroxyl groups is 1. The lowest BCUT2D eigenvalue weighted by Gasteiger charge is -2.04. The number of aliphatic hydroxyl groups excluding tert-OH is 1. The van der Waals surface area contributed by atoms with Gasteiger partial charge in [0.2, 0.25) is 0 Å². The third kappa shape index (κ3) is 2.62. The average Bonchev–Trinajstić information content (AvgIpc) is 2.68. The zero-order valence-electron chi connectivity index (χ0n) is 10.2. The van der Waals surface area contributed by atoms with Gasteiger partial charge in [-0.2, -0.15) is 0 Å². The monoisotopic (exact) mass is 266 g/mol. The van der Waals surface area contributed by atoms with E-state index >= 15 is 0 Å². The summed E-state index contributed by atoms with van der Waals surface area (Å²) >= 11 is 0. The predicted molar refractivity (Wildman–Crippen MR) is 65.8 cm³/mol. The van der Waals surface area contributed by atoms with E-state index in [0.29, 0.717) is 0 Å². The van der Waals surface area contributed by atoms with Gasteiger partial charge in [-0.1, -0.05) is 6.07 Å². The SMILES string of the molecule is CC(=NCc1c(F)cccc1F)C1=C(O)CNC1=O. The van der Waals surface area contributed by atoms with E-state index in [2.05, 4.69) is 10.3 Å². The van der Waals surface area contributed by atoms with Crippen molar-refractivity contribution in [3.63, 3.8) is 0 Å². The Morgan fingerprint density at radius 2 is 2.05 bits per heavy atom. The minimum atomic E-state index is -0.689. The van der Waals surface area contributed by atoms with E-state index in [9.17, 15) is 18.7 Å². The van der Waals surface area contributed by atoms with Crippen molar-refractivity contribution in [1.29, 1.82) is 0 Å². The summed E-state index contributed by atoms with van der Waals surface area (Å²) in [5.74, 6) is -1.93. The van der Waals surface area contributed by atoms with Gasteiger partial charge in [-0.25, -0.2) is 8.78 Å². The van der Waals surface area contributed by atoms with Gasteiger partial charge in [0.1, 0.15) is 17.4 Å². The van der Waals surface area contributed by atoms with Crippen LogP contribution in [0, 0.1) is 11.6 Å². The highest BCUT2D eigenvalue weighted by atomic mass is 19.1. The van der Waals surface area contributed by atoms with Crippen molar-refractivity contribution in [1.82, 2.24) is 5.32 Å². The average molecular weight is 266 g/mol. The lowest BCUT2D eigenvalue weighted by Crippen LogP contribution is -2.20. The molecule has 0 radical (unpaired) electrons. The van der Waals surface area contributed by atoms with E-state index in [1.165, 1.54) is 13.0 Å². The first-order valence-electron chi connectivity index (χ1n) is 5.65. The molecule has 2 rings (SSSR count). The number of nitrogens with zero attached hydrogens (tertiary/aromatic N) is 1. The molecule has 0 spiro atoms. The van der Waals surface area contributed by atoms with Crippen LogP contribution in [0.15, 0.2) is 34.5 Å². The Balaban J connectivity index is 2.24. The number of carbonyl (C=O) groups is 1. The molecule has 4 nitrogen and oxygen atoms in total. The lowest BCUT2D eigenvalue weighted by atomic mass is 10.1. The molecule has 0 aliphatic carbocycles. The fourth-order valence-electron chi connectivity index (χ4n) is 1.81. The van der Waals surface area contributed by atoms with E-state index in [1.807, 2.05) is 0 Å². The normalized spacial score (nSPS) is 15.9. The van der Waals surface area contributed by atoms with Crippen molar-refractivity contribution in [2.75, 3.05) is 6.54 Å². The van der Waals surface area contributed by atoms with Crippen molar-refractivity contribution in [3.05, 3.63) is 46.7 Å². The highest BCUT2D eigenvalue weighted by Crippen LogP contribution is 2.15. The Bertz CT molecular complexity index is 574. The maximum absolute atomic E-state index is 13.4. The van der Waals surface area contributed by atoms with E-state index in [1.54, 1.807) is 0 Å². The van der Waals surface area contributed by atoms with Gasteiger partial charge in [-0.15, -0.1) is 0 Å². The van der Waals surface area contributed by atoms with Gasteiger partial charge >= 0.3 is 0 Å². The van der Waals surface area contributed by atoms with Gasteiger partial charge in [0.05, 0.1) is 18.7 Å². The summed E-state index contributed by atoms with van der Waals surface area (Å²) in [6.45, 7) is 1.33. The molecular formula is C13H12F2N2O2. The summed E-state index contributed by atoms with van der Waals surface area (Å²) in [7, 11) is 0. The van der Waals surface area contributed by atoms with Crippen LogP contribution in [-0.2, 0) is 11.3 Å². The molecular weight excluding hydrogens is 254 g/mol. The molecule has 1 heterocycles. The number of nitrogens with one attached hydrogen (secondary N) is 1. The second-order valence-electron chi connectivity index (χ2n) is 4.11. The van der Waals surface area contributed by atoms with Gasteiger partial charge in [0, 0.05) is 11.3 Å². The summed E-state index contributed by atoms with van der Waals surface area (Å²) in [5, 5.41) is 11.9. The minimum absolute atomic E-state index is 0.0507. The minimum Gasteiger partial charge on any atom is -0.510 e. The first kappa shape index (κ1) is 13.2. The van der Waals surface area contributed by atoms with E-state index in [-0.39, 0.29) is 35.7 Å². The summed E-state index contributed by atoms with van der Waals surface area (Å²) in [6.07, 6.45) is 0. The number of amides is 1. The van der Waals surface area contributed by atoms with Crippen molar-refractivity contribution >= 4 is 11.6 Å². The molecule has 0 saturated carbocycles. The number of aliphatic imine (C=N–C) groups is 1. The highest BCUT2D eigenvalue weighted by molar-refractivity contribution is 6.22. The number of rotatable bonds is 3. The van der Waals surface area contributed by atoms with E-state index in [0.717, 1.165) is 12.1 Å². The Morgan fingerprint density at radius 1 is 1.42 bits per heavy atom. The van der Waals surface area contributed by atoms with Crippen LogP contribution < -0.4 is 5.32 Å². The largest absolute Gasteiger partial charge is 0.510 e. The van der Waals surface area contributed by atoms with Gasteiger partial charge in [-0.3, -0.25) is 9.79 Å². The molecule has 0 atom stereocenters. The lowest BCUT2D eigenvalue weighted by molar-refractivity contribution is -0.116. The highest BCUT2D eigenvalue weighted by Gasteiger charge is 2.24. The second-order valence-corrected chi connectivity index (χ2v) is 4.11. The fourth-order valence-corrected chi connectivity index (χ4v) is 1.81. The quantitative estimate of drug-likeness (QED) is 0.820. The van der Waals surface area contributed by atoms with Crippen LogP contribution >= 0.6 is 0 Å². The topological polar surface area (TPSA) is 61.7 Å². The van der Waals surface area contributed by atoms with Crippen LogP contribution in [0.3, 0.4) is 0 Å². The third-order valence-electron chi connectivity index (χ3n) is 2.83. The first-order chi connectivity index (χ1) is 9.00. The predicted octanol–water partition coefficient (Wildman–Crippen LogP) is 1.87. The molecule has 0 saturated heterocycles. The van der Waals surface area contributed by atoms with Gasteiger partial charge in [-0.05, 0) is 19.1 Å². The fraction of sp³-hybridized carbons (Fsp3) is 0.231. The Kier molecular flexibility index (Phi) is 3.59. The molecule has 0 aromatic heterocycles. The van der Waals surface area contributed by atoms with Crippen LogP contribution in [0.2, 0.25) is 0 Å². The van der Waals surface area contributed by atoms with Crippen LogP contribution in [-0.4, -0.2) is 23.3 Å². The number of carbonyl (C=O) groups excluding carboxylic acids is 1. The molecule has 100 valence electrons. The molecule has 0 unspecified atom stereocenters. The molecule has 0 bridgehead atoms. The zero-order chi connectivity index (χ0) is 14.0. The third-order valence-corrected chi connectivity index (χ3v) is 2.83. The molecule has 1 aromatic carbocycles. The Labute approximate surface area is 108 Å². The first-order valence-corrected chi connectivity index (χ1v) is 5.65. The molecule has 19 heavy (non-hydrogen) atoms. The molecule has 1 aliphatic rings. The smallest absolute Gasteiger partial charge is 0.256 e. The molecule has 1 aliphatic heterocycles. The van der Waals surface area contributed by atoms with Gasteiger partial charge in [0.25, 0.3) is 5.91 Å². The molecule has 1 aromatic rings. The number of halogens is 2. The summed E-state index contributed by atoms with van der Waals surface area (Å²) in [4.78, 5) is 15.4. The number of hydrogen-bond acceptors (Lipinski definition) is 3. The Hall–Kier alpha value is -2.24. The summed E-state index contributed by atoms with van der Waals surface area (Å²) in [5.41, 5.74) is 0.146. The van der Waals surface area contributed by atoms with Crippen molar-refractivity contribution in [3.8, 4) is 0 Å². The number of hydrogen-bond donors (Lipinski definition) is 2. The maximum atomic E-state index is 13.4. The maximum Gasteiger partial charge on any atom is 0.256 e. The van der Waals surface area contributed by atoms with Crippen LogP contribution in [0.1, 0.15) is 12.5 Å². The summed E-state index contributed by atoms with van der Waals surface area (Å²) < 4.78 is 26.8. The zero-order valence-corrected chi connectivity index (χ0v) is 10.2. The molecule has 1 amide bonds. The second kappa shape index (κ2) is 5.17. The number of benzene rings is 1. The standard InChI is InChI=1S/C13H12F2N2O2/c1-7(12-11(18)6-17-13(12)19)16-5-8-9(14)3-2-4-10(8)15/h2-4,18H,5-6H2,1H3,(H,17,19). The van der Waals surface area contributed by atoms with Gasteiger partial charge < -0.3 is 10.4 Å². The molecule has 0 fully saturated rings. The van der Waals surface area contributed by atoms with Gasteiger partial charge in [0.15, 0.2) is 0 Å². The van der Waals surface area contributed by atoms with Crippen LogP contribution in [0.25, 0.3) is 0 Å². The van der Waals surface area contributed by atoms with Crippen molar-refractivity contribution in [2.45, 2.75) is 13.5 Å². The van der Waals surface area contributed by atoms with Crippen molar-refractivity contribution in [2.24, 2.45) is 4.99 Å². The summed E-state index contributed by atoms with van der Waals surface area (Å²) in [6, 6.07) is 3.55.